The number of amides is 1. The first-order valence-electron chi connectivity index (χ1n) is 17.7. The molecule has 3 atom stereocenters. The van der Waals surface area contributed by atoms with Crippen molar-refractivity contribution in [1.29, 1.82) is 0 Å². The van der Waals surface area contributed by atoms with Crippen molar-refractivity contribution < 1.29 is 44.7 Å². The highest BCUT2D eigenvalue weighted by Gasteiger charge is 2.67. The van der Waals surface area contributed by atoms with Gasteiger partial charge in [0, 0.05) is 42.8 Å². The fourth-order valence-corrected chi connectivity index (χ4v) is 8.22. The summed E-state index contributed by atoms with van der Waals surface area (Å²) in [6, 6.07) is 5.97. The molecule has 5 aromatic rings. The number of hydrogen-bond donors (Lipinski definition) is 4. The SMILES string of the molecule is CNc1cc(-c2ccc(Cl)c3c(NS(C)(=O)=O)nn(C)c23)c(C(Cc2cc(F)cc(F)c2)NC(=O)Cn2nc(C(F)F)c3c2C(F)(F)[C@@H]2C[C@H]32)nc1C#CC(C)(C)O. The number of rotatable bonds is 11. The minimum atomic E-state index is -3.85. The summed E-state index contributed by atoms with van der Waals surface area (Å²) in [5.74, 6) is -2.99. The maximum atomic E-state index is 15.4. The molecule has 1 amide bonds. The van der Waals surface area contributed by atoms with Gasteiger partial charge in [0.25, 0.3) is 12.3 Å². The number of aryl methyl sites for hydroxylation is 1. The molecule has 12 nitrogen and oxygen atoms in total. The summed E-state index contributed by atoms with van der Waals surface area (Å²) in [6.45, 7) is 1.94. The number of carbonyl (C=O) groups excluding carboxylic acids is 1. The molecule has 0 saturated heterocycles. The van der Waals surface area contributed by atoms with Crippen molar-refractivity contribution in [3.63, 3.8) is 0 Å². The van der Waals surface area contributed by atoms with Gasteiger partial charge >= 0.3 is 0 Å². The van der Waals surface area contributed by atoms with E-state index in [0.717, 1.165) is 18.4 Å². The average Bonchev–Trinajstić information content (AvgIpc) is 3.65. The number of sulfonamides is 1. The van der Waals surface area contributed by atoms with Crippen molar-refractivity contribution in [2.45, 2.75) is 63.1 Å². The Hall–Kier alpha value is -5.32. The Morgan fingerprint density at radius 1 is 1.10 bits per heavy atom. The zero-order valence-corrected chi connectivity index (χ0v) is 32.9. The number of nitrogens with one attached hydrogen (secondary N) is 3. The number of benzene rings is 2. The highest BCUT2D eigenvalue weighted by atomic mass is 35.5. The number of aliphatic hydroxyl groups is 1. The molecule has 1 unspecified atom stereocenters. The van der Waals surface area contributed by atoms with Crippen molar-refractivity contribution in [3.8, 4) is 23.0 Å². The van der Waals surface area contributed by atoms with Crippen LogP contribution in [-0.4, -0.2) is 62.9 Å². The highest BCUT2D eigenvalue weighted by Crippen LogP contribution is 2.68. The molecule has 306 valence electrons. The monoisotopic (exact) mass is 848 g/mol. The van der Waals surface area contributed by atoms with Gasteiger partial charge in [-0.15, -0.1) is 0 Å². The summed E-state index contributed by atoms with van der Waals surface area (Å²) in [5.41, 5.74) is -2.10. The number of fused-ring (bicyclic) bond motifs is 4. The lowest BCUT2D eigenvalue weighted by molar-refractivity contribution is -0.123. The second-order valence-electron chi connectivity index (χ2n) is 14.8. The molecule has 3 heterocycles. The Kier molecular flexibility index (Phi) is 10.2. The van der Waals surface area contributed by atoms with E-state index in [0.29, 0.717) is 22.0 Å². The molecule has 0 radical (unpaired) electrons. The van der Waals surface area contributed by atoms with Crippen molar-refractivity contribution in [3.05, 3.63) is 87.0 Å². The van der Waals surface area contributed by atoms with Crippen molar-refractivity contribution in [2.24, 2.45) is 13.0 Å². The van der Waals surface area contributed by atoms with Gasteiger partial charge in [0.2, 0.25) is 15.9 Å². The zero-order valence-electron chi connectivity index (χ0n) is 31.4. The van der Waals surface area contributed by atoms with Crippen LogP contribution in [0.2, 0.25) is 5.02 Å². The van der Waals surface area contributed by atoms with Gasteiger partial charge in [0.1, 0.15) is 40.9 Å². The summed E-state index contributed by atoms with van der Waals surface area (Å²) >= 11 is 6.62. The fraction of sp³-hybridized carbons (Fsp3) is 0.368. The van der Waals surface area contributed by atoms with Crippen molar-refractivity contribution in [2.75, 3.05) is 23.3 Å². The normalized spacial score (nSPS) is 17.4. The summed E-state index contributed by atoms with van der Waals surface area (Å²) in [7, 11) is -0.760. The molecule has 20 heteroatoms. The van der Waals surface area contributed by atoms with Gasteiger partial charge in [-0.2, -0.15) is 19.0 Å². The fourth-order valence-electron chi connectivity index (χ4n) is 7.48. The van der Waals surface area contributed by atoms with E-state index in [1.165, 1.54) is 31.6 Å². The third-order valence-corrected chi connectivity index (χ3v) is 10.7. The van der Waals surface area contributed by atoms with E-state index in [2.05, 4.69) is 37.4 Å². The van der Waals surface area contributed by atoms with E-state index in [9.17, 15) is 35.9 Å². The lowest BCUT2D eigenvalue weighted by Gasteiger charge is -2.24. The standard InChI is InChI=1S/C38H35ClF6N8O4S/c1-37(2,55)9-8-25-26(46-3)15-21(20-6-7-24(39)30-33(20)52(4)50-36(30)51-58(5,56)57)31(48-25)27(12-17-10-18(40)13-19(41)11-17)47-28(54)16-53-34-29(32(49-53)35(42)43)22-14-23(22)38(34,44)45/h6-7,10-11,13,15,22-23,27,35,46,55H,12,14,16H2,1-5H3,(H,47,54)(H,50,51)/t22-,23+,27?/m0/s1. The smallest absolute Gasteiger partial charge is 0.293 e. The van der Waals surface area contributed by atoms with Crippen LogP contribution < -0.4 is 15.4 Å². The summed E-state index contributed by atoms with van der Waals surface area (Å²) in [4.78, 5) is 18.8. The zero-order chi connectivity index (χ0) is 42.2. The van der Waals surface area contributed by atoms with Gasteiger partial charge in [-0.3, -0.25) is 18.9 Å². The Morgan fingerprint density at radius 3 is 2.41 bits per heavy atom. The summed E-state index contributed by atoms with van der Waals surface area (Å²) < 4.78 is 117. The first-order valence-corrected chi connectivity index (χ1v) is 20.0. The Bertz CT molecular complexity index is 2670. The van der Waals surface area contributed by atoms with Gasteiger partial charge in [0.15, 0.2) is 5.82 Å². The van der Waals surface area contributed by atoms with Gasteiger partial charge in [-0.1, -0.05) is 23.6 Å². The number of hydrogen-bond acceptors (Lipinski definition) is 8. The van der Waals surface area contributed by atoms with E-state index in [-0.39, 0.29) is 62.7 Å². The van der Waals surface area contributed by atoms with Crippen LogP contribution in [0.5, 0.6) is 0 Å². The Labute approximate surface area is 333 Å². The summed E-state index contributed by atoms with van der Waals surface area (Å²) in [6.07, 6.45) is -2.60. The molecule has 7 rings (SSSR count). The first kappa shape index (κ1) is 40.9. The number of nitrogens with zero attached hydrogens (tertiary/aromatic N) is 5. The molecule has 0 aliphatic heterocycles. The van der Waals surface area contributed by atoms with Crippen LogP contribution in [0.3, 0.4) is 0 Å². The van der Waals surface area contributed by atoms with Crippen LogP contribution in [0.15, 0.2) is 36.4 Å². The molecule has 3 aromatic heterocycles. The lowest BCUT2D eigenvalue weighted by atomic mass is 9.93. The summed E-state index contributed by atoms with van der Waals surface area (Å²) in [5, 5.41) is 24.5. The lowest BCUT2D eigenvalue weighted by Crippen LogP contribution is -2.35. The first-order chi connectivity index (χ1) is 27.1. The molecule has 1 saturated carbocycles. The number of halogens is 7. The molecule has 2 aromatic carbocycles. The van der Waals surface area contributed by atoms with Gasteiger partial charge in [-0.25, -0.2) is 31.0 Å². The number of aromatic nitrogens is 5. The maximum Gasteiger partial charge on any atom is 0.293 e. The number of carbonyl (C=O) groups is 1. The van der Waals surface area contributed by atoms with Gasteiger partial charge < -0.3 is 15.7 Å². The predicted octanol–water partition coefficient (Wildman–Crippen LogP) is 6.55. The average molecular weight is 849 g/mol. The minimum absolute atomic E-state index is 0.00467. The molecule has 1 fully saturated rings. The number of alkyl halides is 4. The van der Waals surface area contributed by atoms with Crippen LogP contribution in [0.1, 0.15) is 72.6 Å². The molecular weight excluding hydrogens is 814 g/mol. The Balaban J connectivity index is 1.43. The molecule has 2 aliphatic rings. The quantitative estimate of drug-likeness (QED) is 0.0863. The van der Waals surface area contributed by atoms with E-state index < -0.39 is 81.3 Å². The van der Waals surface area contributed by atoms with Crippen molar-refractivity contribution >= 4 is 49.9 Å². The topological polar surface area (TPSA) is 156 Å². The third kappa shape index (κ3) is 7.79. The van der Waals surface area contributed by atoms with E-state index >= 15 is 8.78 Å². The van der Waals surface area contributed by atoms with Crippen LogP contribution in [0.25, 0.3) is 22.0 Å². The molecule has 58 heavy (non-hydrogen) atoms. The molecule has 2 aliphatic carbocycles. The predicted molar refractivity (Wildman–Crippen MR) is 203 cm³/mol. The van der Waals surface area contributed by atoms with Crippen LogP contribution in [0.4, 0.5) is 37.8 Å². The molecular formula is C38H35ClF6N8O4S. The van der Waals surface area contributed by atoms with Gasteiger partial charge in [0.05, 0.1) is 39.6 Å². The molecule has 0 bridgehead atoms. The molecule has 4 N–H and O–H groups in total. The number of pyridine rings is 1. The number of anilines is 2. The van der Waals surface area contributed by atoms with Gasteiger partial charge in [-0.05, 0) is 68.4 Å². The third-order valence-electron chi connectivity index (χ3n) is 9.81. The van der Waals surface area contributed by atoms with Crippen LogP contribution >= 0.6 is 11.6 Å². The second kappa shape index (κ2) is 14.5. The Morgan fingerprint density at radius 2 is 1.79 bits per heavy atom. The molecule has 0 spiro atoms. The van der Waals surface area contributed by atoms with Crippen LogP contribution in [-0.2, 0) is 40.8 Å². The largest absolute Gasteiger partial charge is 0.386 e. The van der Waals surface area contributed by atoms with E-state index in [1.807, 2.05) is 0 Å². The minimum Gasteiger partial charge on any atom is -0.386 e. The van der Waals surface area contributed by atoms with E-state index in [1.54, 1.807) is 19.2 Å². The van der Waals surface area contributed by atoms with Crippen molar-refractivity contribution in [1.82, 2.24) is 29.9 Å². The second-order valence-corrected chi connectivity index (χ2v) is 17.0. The highest BCUT2D eigenvalue weighted by molar-refractivity contribution is 7.92. The van der Waals surface area contributed by atoms with E-state index in [4.69, 9.17) is 16.6 Å². The van der Waals surface area contributed by atoms with Crippen LogP contribution in [0, 0.1) is 29.4 Å². The maximum absolute atomic E-state index is 15.4.